The number of benzene rings is 1. The molecule has 1 N–H and O–H groups in total. The first-order valence-corrected chi connectivity index (χ1v) is 4.86. The normalized spacial score (nSPS) is 15.9. The van der Waals surface area contributed by atoms with Crippen LogP contribution >= 0.6 is 0 Å². The Morgan fingerprint density at radius 1 is 1.44 bits per heavy atom. The number of anilines is 1. The zero-order chi connectivity index (χ0) is 11.8. The molecular formula is C11H9F3NO. The van der Waals surface area contributed by atoms with E-state index in [0.717, 1.165) is 31.0 Å². The molecular weight excluding hydrogens is 219 g/mol. The quantitative estimate of drug-likeness (QED) is 0.828. The van der Waals surface area contributed by atoms with Crippen molar-refractivity contribution in [3.63, 3.8) is 0 Å². The van der Waals surface area contributed by atoms with Gasteiger partial charge in [-0.1, -0.05) is 6.07 Å². The van der Waals surface area contributed by atoms with Gasteiger partial charge >= 0.3 is 6.18 Å². The highest BCUT2D eigenvalue weighted by atomic mass is 19.4. The lowest BCUT2D eigenvalue weighted by molar-refractivity contribution is -0.137. The summed E-state index contributed by atoms with van der Waals surface area (Å²) in [5, 5.41) is 2.42. The van der Waals surface area contributed by atoms with E-state index in [-0.39, 0.29) is 17.5 Å². The van der Waals surface area contributed by atoms with E-state index >= 15 is 0 Å². The van der Waals surface area contributed by atoms with Crippen LogP contribution in [-0.4, -0.2) is 5.91 Å². The molecule has 0 heterocycles. The van der Waals surface area contributed by atoms with Gasteiger partial charge in [0.2, 0.25) is 5.91 Å². The molecule has 0 aliphatic heterocycles. The second-order valence-corrected chi connectivity index (χ2v) is 3.75. The van der Waals surface area contributed by atoms with Gasteiger partial charge in [-0.25, -0.2) is 0 Å². The van der Waals surface area contributed by atoms with Gasteiger partial charge in [-0.3, -0.25) is 4.79 Å². The van der Waals surface area contributed by atoms with E-state index in [0.29, 0.717) is 0 Å². The maximum atomic E-state index is 12.3. The van der Waals surface area contributed by atoms with Crippen molar-refractivity contribution in [2.45, 2.75) is 19.0 Å². The number of hydrogen-bond acceptors (Lipinski definition) is 1. The van der Waals surface area contributed by atoms with Crippen LogP contribution < -0.4 is 5.32 Å². The van der Waals surface area contributed by atoms with E-state index in [9.17, 15) is 18.0 Å². The molecule has 0 saturated heterocycles. The number of rotatable bonds is 2. The Hall–Kier alpha value is -1.52. The third-order valence-electron chi connectivity index (χ3n) is 2.33. The molecule has 5 heteroatoms. The first-order valence-electron chi connectivity index (χ1n) is 4.86. The van der Waals surface area contributed by atoms with Crippen molar-refractivity contribution in [2.24, 2.45) is 5.92 Å². The van der Waals surface area contributed by atoms with Crippen LogP contribution in [0.1, 0.15) is 18.4 Å². The molecule has 1 radical (unpaired) electrons. The monoisotopic (exact) mass is 228 g/mol. The highest BCUT2D eigenvalue weighted by Crippen LogP contribution is 2.32. The molecule has 1 aromatic rings. The maximum Gasteiger partial charge on any atom is 0.416 e. The molecule has 2 nitrogen and oxygen atoms in total. The van der Waals surface area contributed by atoms with Crippen molar-refractivity contribution in [3.8, 4) is 0 Å². The second-order valence-electron chi connectivity index (χ2n) is 3.75. The summed E-state index contributed by atoms with van der Waals surface area (Å²) in [6, 6.07) is 5.53. The number of amides is 1. The number of carbonyl (C=O) groups is 1. The Labute approximate surface area is 90.5 Å². The van der Waals surface area contributed by atoms with E-state index in [1.165, 1.54) is 0 Å². The molecule has 0 bridgehead atoms. The number of nitrogens with one attached hydrogen (secondary N) is 1. The minimum absolute atomic E-state index is 0.0389. The number of carbonyl (C=O) groups excluding carboxylic acids is 1. The molecule has 1 fully saturated rings. The van der Waals surface area contributed by atoms with Gasteiger partial charge in [-0.15, -0.1) is 0 Å². The fourth-order valence-electron chi connectivity index (χ4n) is 1.30. The fourth-order valence-corrected chi connectivity index (χ4v) is 1.30. The van der Waals surface area contributed by atoms with E-state index in [1.807, 2.05) is 0 Å². The molecule has 1 saturated carbocycles. The SMILES string of the molecule is O=C(Nc1[c]ccc(C(F)(F)F)c1)C1CC1. The van der Waals surface area contributed by atoms with Crippen molar-refractivity contribution in [2.75, 3.05) is 5.32 Å². The largest absolute Gasteiger partial charge is 0.416 e. The van der Waals surface area contributed by atoms with E-state index in [4.69, 9.17) is 0 Å². The van der Waals surface area contributed by atoms with Crippen LogP contribution in [0, 0.1) is 12.0 Å². The Morgan fingerprint density at radius 3 is 2.69 bits per heavy atom. The van der Waals surface area contributed by atoms with Gasteiger partial charge in [0.1, 0.15) is 0 Å². The molecule has 0 spiro atoms. The molecule has 0 aromatic heterocycles. The highest BCUT2D eigenvalue weighted by molar-refractivity contribution is 5.93. The van der Waals surface area contributed by atoms with E-state index in [2.05, 4.69) is 11.4 Å². The summed E-state index contributed by atoms with van der Waals surface area (Å²) in [4.78, 5) is 11.3. The molecule has 16 heavy (non-hydrogen) atoms. The van der Waals surface area contributed by atoms with Gasteiger partial charge in [-0.2, -0.15) is 13.2 Å². The lowest BCUT2D eigenvalue weighted by Crippen LogP contribution is -2.14. The first kappa shape index (κ1) is 11.0. The maximum absolute atomic E-state index is 12.3. The van der Waals surface area contributed by atoms with Crippen molar-refractivity contribution >= 4 is 11.6 Å². The fraction of sp³-hybridized carbons (Fsp3) is 0.364. The molecule has 2 rings (SSSR count). The number of alkyl halides is 3. The predicted octanol–water partition coefficient (Wildman–Crippen LogP) is 2.85. The molecule has 1 amide bonds. The summed E-state index contributed by atoms with van der Waals surface area (Å²) < 4.78 is 37.0. The van der Waals surface area contributed by atoms with Crippen LogP contribution in [-0.2, 0) is 11.0 Å². The van der Waals surface area contributed by atoms with Crippen LogP contribution in [0.4, 0.5) is 18.9 Å². The Balaban J connectivity index is 2.12. The summed E-state index contributed by atoms with van der Waals surface area (Å²) in [7, 11) is 0. The van der Waals surface area contributed by atoms with Crippen molar-refractivity contribution in [1.82, 2.24) is 0 Å². The Kier molecular flexibility index (Phi) is 2.61. The average molecular weight is 228 g/mol. The van der Waals surface area contributed by atoms with Crippen LogP contribution in [0.5, 0.6) is 0 Å². The third kappa shape index (κ3) is 2.53. The molecule has 0 unspecified atom stereocenters. The summed E-state index contributed by atoms with van der Waals surface area (Å²) in [6.45, 7) is 0. The van der Waals surface area contributed by atoms with Gasteiger partial charge in [-0.05, 0) is 25.0 Å². The summed E-state index contributed by atoms with van der Waals surface area (Å²) in [6.07, 6.45) is -2.77. The topological polar surface area (TPSA) is 29.1 Å². The Morgan fingerprint density at radius 2 is 2.12 bits per heavy atom. The van der Waals surface area contributed by atoms with Crippen molar-refractivity contribution in [1.29, 1.82) is 0 Å². The molecule has 1 aliphatic rings. The molecule has 1 aromatic carbocycles. The smallest absolute Gasteiger partial charge is 0.325 e. The predicted molar refractivity (Wildman–Crippen MR) is 51.6 cm³/mol. The second kappa shape index (κ2) is 3.81. The number of hydrogen-bond donors (Lipinski definition) is 1. The number of halogens is 3. The minimum Gasteiger partial charge on any atom is -0.325 e. The van der Waals surface area contributed by atoms with Gasteiger partial charge in [0.05, 0.1) is 5.56 Å². The first-order chi connectivity index (χ1) is 7.47. The Bertz CT molecular complexity index is 410. The molecule has 85 valence electrons. The minimum atomic E-state index is -4.39. The van der Waals surface area contributed by atoms with Gasteiger partial charge in [0.25, 0.3) is 0 Å². The van der Waals surface area contributed by atoms with Crippen LogP contribution in [0.3, 0.4) is 0 Å². The third-order valence-corrected chi connectivity index (χ3v) is 2.33. The average Bonchev–Trinajstić information content (AvgIpc) is 2.99. The summed E-state index contributed by atoms with van der Waals surface area (Å²) in [5.41, 5.74) is -0.705. The standard InChI is InChI=1S/C11H9F3NO/c12-11(13,14)8-2-1-3-9(6-8)15-10(16)7-4-5-7/h1-2,6-7H,4-5H2,(H,15,16). The van der Waals surface area contributed by atoms with Crippen molar-refractivity contribution in [3.05, 3.63) is 29.8 Å². The summed E-state index contributed by atoms with van der Waals surface area (Å²) >= 11 is 0. The lowest BCUT2D eigenvalue weighted by Gasteiger charge is -2.09. The zero-order valence-corrected chi connectivity index (χ0v) is 8.27. The van der Waals surface area contributed by atoms with Crippen LogP contribution in [0.2, 0.25) is 0 Å². The van der Waals surface area contributed by atoms with Crippen LogP contribution in [0.25, 0.3) is 0 Å². The zero-order valence-electron chi connectivity index (χ0n) is 8.27. The van der Waals surface area contributed by atoms with Crippen molar-refractivity contribution < 1.29 is 18.0 Å². The van der Waals surface area contributed by atoms with E-state index < -0.39 is 11.7 Å². The van der Waals surface area contributed by atoms with Crippen LogP contribution in [0.15, 0.2) is 18.2 Å². The van der Waals surface area contributed by atoms with E-state index in [1.54, 1.807) is 0 Å². The highest BCUT2D eigenvalue weighted by Gasteiger charge is 2.32. The van der Waals surface area contributed by atoms with Gasteiger partial charge in [0, 0.05) is 17.7 Å². The summed E-state index contributed by atoms with van der Waals surface area (Å²) in [5.74, 6) is -0.265. The lowest BCUT2D eigenvalue weighted by atomic mass is 10.2. The molecule has 1 aliphatic carbocycles. The molecule has 0 atom stereocenters. The van der Waals surface area contributed by atoms with Gasteiger partial charge in [0.15, 0.2) is 0 Å². The van der Waals surface area contributed by atoms with Gasteiger partial charge < -0.3 is 5.32 Å².